The Labute approximate surface area is 107 Å². The van der Waals surface area contributed by atoms with Crippen molar-refractivity contribution >= 4 is 21.9 Å². The molecule has 1 aromatic carbocycles. The van der Waals surface area contributed by atoms with Crippen LogP contribution in [0.1, 0.15) is 19.3 Å². The number of hydrogen-bond donors (Lipinski definition) is 1. The number of benzene rings is 1. The summed E-state index contributed by atoms with van der Waals surface area (Å²) >= 11 is 3.23. The second kappa shape index (κ2) is 4.64. The van der Waals surface area contributed by atoms with E-state index in [1.165, 1.54) is 6.07 Å². The van der Waals surface area contributed by atoms with Gasteiger partial charge in [-0.25, -0.2) is 4.39 Å². The number of carbonyl (C=O) groups is 1. The standard InChI is InChI=1S/C12H12BrFO3/c13-8-1-2-9(14)10(5-8)17-7-12(3-4-12)6-11(15)16/h1-2,5H,3-4,6-7H2,(H,15,16). The lowest BCUT2D eigenvalue weighted by atomic mass is 10.0. The molecule has 0 heterocycles. The highest BCUT2D eigenvalue weighted by atomic mass is 79.9. The molecule has 92 valence electrons. The van der Waals surface area contributed by atoms with E-state index >= 15 is 0 Å². The van der Waals surface area contributed by atoms with Gasteiger partial charge in [0.2, 0.25) is 0 Å². The Bertz CT molecular complexity index is 443. The molecule has 0 aliphatic heterocycles. The Hall–Kier alpha value is -1.10. The highest BCUT2D eigenvalue weighted by Crippen LogP contribution is 2.49. The summed E-state index contributed by atoms with van der Waals surface area (Å²) in [5, 5.41) is 8.75. The molecule has 5 heteroatoms. The van der Waals surface area contributed by atoms with Crippen LogP contribution in [-0.2, 0) is 4.79 Å². The lowest BCUT2D eigenvalue weighted by Gasteiger charge is -2.14. The van der Waals surface area contributed by atoms with Crippen LogP contribution in [0.5, 0.6) is 5.75 Å². The smallest absolute Gasteiger partial charge is 0.304 e. The third kappa shape index (κ3) is 3.19. The number of aliphatic carboxylic acids is 1. The van der Waals surface area contributed by atoms with Crippen LogP contribution >= 0.6 is 15.9 Å². The monoisotopic (exact) mass is 302 g/mol. The van der Waals surface area contributed by atoms with E-state index in [4.69, 9.17) is 9.84 Å². The maximum absolute atomic E-state index is 13.4. The summed E-state index contributed by atoms with van der Waals surface area (Å²) in [4.78, 5) is 10.7. The Morgan fingerprint density at radius 2 is 2.24 bits per heavy atom. The van der Waals surface area contributed by atoms with Gasteiger partial charge in [0.25, 0.3) is 0 Å². The quantitative estimate of drug-likeness (QED) is 0.908. The van der Waals surface area contributed by atoms with Gasteiger partial charge in [-0.2, -0.15) is 0 Å². The van der Waals surface area contributed by atoms with Crippen LogP contribution in [0.25, 0.3) is 0 Å². The zero-order chi connectivity index (χ0) is 12.5. The first-order chi connectivity index (χ1) is 8.01. The predicted octanol–water partition coefficient (Wildman–Crippen LogP) is 3.22. The molecule has 0 radical (unpaired) electrons. The maximum atomic E-state index is 13.4. The van der Waals surface area contributed by atoms with Gasteiger partial charge in [0.1, 0.15) is 0 Å². The third-order valence-corrected chi connectivity index (χ3v) is 3.40. The van der Waals surface area contributed by atoms with Crippen LogP contribution < -0.4 is 4.74 Å². The molecule has 0 amide bonds. The molecule has 0 atom stereocenters. The van der Waals surface area contributed by atoms with E-state index in [2.05, 4.69) is 15.9 Å². The Morgan fingerprint density at radius 3 is 2.82 bits per heavy atom. The molecule has 1 fully saturated rings. The molecule has 0 aromatic heterocycles. The average molecular weight is 303 g/mol. The molecular weight excluding hydrogens is 291 g/mol. The summed E-state index contributed by atoms with van der Waals surface area (Å²) in [6.45, 7) is 0.257. The van der Waals surface area contributed by atoms with E-state index < -0.39 is 11.8 Å². The van der Waals surface area contributed by atoms with Crippen LogP contribution in [0.3, 0.4) is 0 Å². The van der Waals surface area contributed by atoms with Crippen molar-refractivity contribution in [3.8, 4) is 5.75 Å². The van der Waals surface area contributed by atoms with E-state index in [-0.39, 0.29) is 24.2 Å². The molecular formula is C12H12BrFO3. The second-order valence-corrected chi connectivity index (χ2v) is 5.35. The average Bonchev–Trinajstić information content (AvgIpc) is 2.99. The number of hydrogen-bond acceptors (Lipinski definition) is 2. The minimum absolute atomic E-state index is 0.0859. The van der Waals surface area contributed by atoms with Crippen molar-refractivity contribution in [3.05, 3.63) is 28.5 Å². The first kappa shape index (κ1) is 12.4. The SMILES string of the molecule is O=C(O)CC1(COc2cc(Br)ccc2F)CC1. The number of carboxylic acids is 1. The Kier molecular flexibility index (Phi) is 3.38. The molecule has 1 aliphatic carbocycles. The van der Waals surface area contributed by atoms with E-state index in [1.54, 1.807) is 12.1 Å². The van der Waals surface area contributed by atoms with E-state index in [0.717, 1.165) is 17.3 Å². The first-order valence-corrected chi connectivity index (χ1v) is 6.10. The molecule has 0 unspecified atom stereocenters. The molecule has 1 N–H and O–H groups in total. The molecule has 17 heavy (non-hydrogen) atoms. The van der Waals surface area contributed by atoms with Gasteiger partial charge < -0.3 is 9.84 Å². The normalized spacial score (nSPS) is 16.6. The second-order valence-electron chi connectivity index (χ2n) is 4.43. The summed E-state index contributed by atoms with van der Waals surface area (Å²) in [5.74, 6) is -1.10. The fourth-order valence-corrected chi connectivity index (χ4v) is 2.03. The highest BCUT2D eigenvalue weighted by Gasteiger charge is 2.45. The largest absolute Gasteiger partial charge is 0.490 e. The van der Waals surface area contributed by atoms with Crippen molar-refractivity contribution in [2.75, 3.05) is 6.61 Å². The lowest BCUT2D eigenvalue weighted by Crippen LogP contribution is -2.17. The van der Waals surface area contributed by atoms with Crippen LogP contribution in [-0.4, -0.2) is 17.7 Å². The zero-order valence-corrected chi connectivity index (χ0v) is 10.7. The first-order valence-electron chi connectivity index (χ1n) is 5.30. The topological polar surface area (TPSA) is 46.5 Å². The third-order valence-electron chi connectivity index (χ3n) is 2.91. The highest BCUT2D eigenvalue weighted by molar-refractivity contribution is 9.10. The molecule has 3 nitrogen and oxygen atoms in total. The summed E-state index contributed by atoms with van der Waals surface area (Å²) < 4.78 is 19.5. The van der Waals surface area contributed by atoms with Gasteiger partial charge in [0.15, 0.2) is 11.6 Å². The van der Waals surface area contributed by atoms with E-state index in [9.17, 15) is 9.18 Å². The molecule has 2 rings (SSSR count). The van der Waals surface area contributed by atoms with Gasteiger partial charge in [0, 0.05) is 9.89 Å². The predicted molar refractivity (Wildman–Crippen MR) is 63.5 cm³/mol. The summed E-state index contributed by atoms with van der Waals surface area (Å²) in [6.07, 6.45) is 1.74. The minimum Gasteiger partial charge on any atom is -0.490 e. The fourth-order valence-electron chi connectivity index (χ4n) is 1.69. The van der Waals surface area contributed by atoms with Gasteiger partial charge in [-0.05, 0) is 31.0 Å². The molecule has 0 bridgehead atoms. The lowest BCUT2D eigenvalue weighted by molar-refractivity contribution is -0.138. The fraction of sp³-hybridized carbons (Fsp3) is 0.417. The number of halogens is 2. The van der Waals surface area contributed by atoms with Gasteiger partial charge in [0.05, 0.1) is 13.0 Å². The van der Waals surface area contributed by atoms with Crippen molar-refractivity contribution in [2.24, 2.45) is 5.41 Å². The zero-order valence-electron chi connectivity index (χ0n) is 9.08. The van der Waals surface area contributed by atoms with Crippen LogP contribution in [0.2, 0.25) is 0 Å². The summed E-state index contributed by atoms with van der Waals surface area (Å²) in [5.41, 5.74) is -0.291. The Balaban J connectivity index is 1.98. The van der Waals surface area contributed by atoms with Crippen molar-refractivity contribution in [3.63, 3.8) is 0 Å². The molecule has 0 saturated heterocycles. The van der Waals surface area contributed by atoms with Crippen LogP contribution in [0.15, 0.2) is 22.7 Å². The van der Waals surface area contributed by atoms with Gasteiger partial charge in [-0.1, -0.05) is 15.9 Å². The van der Waals surface area contributed by atoms with Gasteiger partial charge >= 0.3 is 5.97 Å². The van der Waals surface area contributed by atoms with Crippen molar-refractivity contribution < 1.29 is 19.0 Å². The maximum Gasteiger partial charge on any atom is 0.304 e. The number of carboxylic acid groups (broad SMARTS) is 1. The Morgan fingerprint density at radius 1 is 1.53 bits per heavy atom. The van der Waals surface area contributed by atoms with E-state index in [0.29, 0.717) is 0 Å². The van der Waals surface area contributed by atoms with Crippen LogP contribution in [0, 0.1) is 11.2 Å². The van der Waals surface area contributed by atoms with Crippen molar-refractivity contribution in [2.45, 2.75) is 19.3 Å². The number of ether oxygens (including phenoxy) is 1. The molecule has 1 aromatic rings. The molecule has 1 aliphatic rings. The molecule has 0 spiro atoms. The summed E-state index contributed by atoms with van der Waals surface area (Å²) in [6, 6.07) is 4.45. The van der Waals surface area contributed by atoms with Crippen LogP contribution in [0.4, 0.5) is 4.39 Å². The van der Waals surface area contributed by atoms with Gasteiger partial charge in [-0.15, -0.1) is 0 Å². The van der Waals surface area contributed by atoms with E-state index in [1.807, 2.05) is 0 Å². The van der Waals surface area contributed by atoms with Gasteiger partial charge in [-0.3, -0.25) is 4.79 Å². The molecule has 1 saturated carbocycles. The summed E-state index contributed by atoms with van der Waals surface area (Å²) in [7, 11) is 0. The van der Waals surface area contributed by atoms with Crippen molar-refractivity contribution in [1.29, 1.82) is 0 Å². The van der Waals surface area contributed by atoms with Crippen molar-refractivity contribution in [1.82, 2.24) is 0 Å². The minimum atomic E-state index is -0.833. The number of rotatable bonds is 5.